The van der Waals surface area contributed by atoms with E-state index >= 15 is 0 Å². The summed E-state index contributed by atoms with van der Waals surface area (Å²) in [5.41, 5.74) is 6.87. The number of fused-ring (bicyclic) bond motifs is 5. The fourth-order valence-corrected chi connectivity index (χ4v) is 6.30. The van der Waals surface area contributed by atoms with Crippen molar-refractivity contribution in [2.24, 2.45) is 0 Å². The molecule has 3 aromatic carbocycles. The van der Waals surface area contributed by atoms with Crippen LogP contribution < -0.4 is 16.0 Å². The van der Waals surface area contributed by atoms with Gasteiger partial charge in [-0.05, 0) is 82.0 Å². The number of benzene rings is 3. The first-order valence-corrected chi connectivity index (χ1v) is 15.5. The van der Waals surface area contributed by atoms with Crippen LogP contribution in [-0.2, 0) is 15.1 Å². The first kappa shape index (κ1) is 29.3. The van der Waals surface area contributed by atoms with Gasteiger partial charge in [0, 0.05) is 35.5 Å². The highest BCUT2D eigenvalue weighted by atomic mass is 16.6. The third-order valence-corrected chi connectivity index (χ3v) is 8.44. The minimum Gasteiger partial charge on any atom is -0.444 e. The summed E-state index contributed by atoms with van der Waals surface area (Å²) in [5, 5.41) is 9.59. The summed E-state index contributed by atoms with van der Waals surface area (Å²) in [6.45, 7) is 7.11. The molecule has 0 bridgehead atoms. The lowest BCUT2D eigenvalue weighted by Gasteiger charge is -2.43. The number of rotatable bonds is 5. The van der Waals surface area contributed by atoms with Crippen LogP contribution in [0.3, 0.4) is 0 Å². The number of carbonyl (C=O) groups is 2. The molecule has 1 saturated carbocycles. The number of hydrogen-bond acceptors (Lipinski definition) is 6. The zero-order chi connectivity index (χ0) is 32.1. The van der Waals surface area contributed by atoms with E-state index in [2.05, 4.69) is 50.8 Å². The van der Waals surface area contributed by atoms with Gasteiger partial charge in [0.05, 0.1) is 28.3 Å². The molecule has 3 heterocycles. The number of aromatic nitrogens is 3. The number of anilines is 3. The number of pyridine rings is 1. The van der Waals surface area contributed by atoms with Crippen LogP contribution in [0.5, 0.6) is 0 Å². The van der Waals surface area contributed by atoms with Crippen LogP contribution in [-0.4, -0.2) is 32.1 Å². The molecule has 0 spiro atoms. The van der Waals surface area contributed by atoms with Crippen LogP contribution in [0.25, 0.3) is 39.6 Å². The number of imidazole rings is 1. The maximum Gasteiger partial charge on any atom is 0.408 e. The van der Waals surface area contributed by atoms with Crippen LogP contribution in [0.4, 0.5) is 22.0 Å². The molecule has 0 atom stereocenters. The van der Waals surface area contributed by atoms with Crippen molar-refractivity contribution in [3.8, 4) is 39.6 Å². The summed E-state index contributed by atoms with van der Waals surface area (Å²) < 4.78 is 7.77. The minimum atomic E-state index is -0.578. The number of nitrogens with zero attached hydrogens (tertiary/aromatic N) is 3. The molecule has 3 N–H and O–H groups in total. The molecular formula is C37H36N6O3. The summed E-state index contributed by atoms with van der Waals surface area (Å²) in [5.74, 6) is 1.35. The van der Waals surface area contributed by atoms with E-state index in [0.717, 1.165) is 75.9 Å². The Balaban J connectivity index is 1.40. The highest BCUT2D eigenvalue weighted by molar-refractivity contribution is 5.93. The second kappa shape index (κ2) is 11.2. The normalized spacial score (nSPS) is 14.3. The lowest BCUT2D eigenvalue weighted by atomic mass is 9.71. The third kappa shape index (κ3) is 5.38. The van der Waals surface area contributed by atoms with Crippen LogP contribution >= 0.6 is 0 Å². The molecule has 0 unspecified atom stereocenters. The van der Waals surface area contributed by atoms with E-state index in [-0.39, 0.29) is 5.91 Å². The van der Waals surface area contributed by atoms with Gasteiger partial charge in [0.1, 0.15) is 11.4 Å². The van der Waals surface area contributed by atoms with Crippen molar-refractivity contribution in [1.29, 1.82) is 0 Å². The second-order valence-electron chi connectivity index (χ2n) is 12.9. The average Bonchev–Trinajstić information content (AvgIpc) is 3.33. The first-order chi connectivity index (χ1) is 22.1. The Morgan fingerprint density at radius 3 is 2.43 bits per heavy atom. The van der Waals surface area contributed by atoms with Crippen molar-refractivity contribution in [2.45, 2.75) is 58.1 Å². The molecule has 9 nitrogen and oxygen atoms in total. The highest BCUT2D eigenvalue weighted by Gasteiger charge is 2.41. The van der Waals surface area contributed by atoms with Crippen LogP contribution in [0.1, 0.15) is 52.5 Å². The van der Waals surface area contributed by atoms with E-state index < -0.39 is 17.2 Å². The Labute approximate surface area is 268 Å². The summed E-state index contributed by atoms with van der Waals surface area (Å²) in [6, 6.07) is 28.2. The summed E-state index contributed by atoms with van der Waals surface area (Å²) >= 11 is 0. The van der Waals surface area contributed by atoms with Gasteiger partial charge in [-0.15, -0.1) is 0 Å². The van der Waals surface area contributed by atoms with Crippen molar-refractivity contribution in [3.63, 3.8) is 0 Å². The first-order valence-electron chi connectivity index (χ1n) is 15.5. The third-order valence-electron chi connectivity index (χ3n) is 8.44. The van der Waals surface area contributed by atoms with Crippen LogP contribution in [0.2, 0.25) is 0 Å². The van der Waals surface area contributed by atoms with Crippen molar-refractivity contribution < 1.29 is 14.3 Å². The number of carbonyl (C=O) groups excluding carboxylic acids is 2. The predicted octanol–water partition coefficient (Wildman–Crippen LogP) is 8.19. The molecule has 1 fully saturated rings. The molecule has 9 heteroatoms. The van der Waals surface area contributed by atoms with Crippen molar-refractivity contribution in [3.05, 3.63) is 96.7 Å². The van der Waals surface area contributed by atoms with Gasteiger partial charge in [-0.2, -0.15) is 0 Å². The van der Waals surface area contributed by atoms with Gasteiger partial charge in [-0.25, -0.2) is 14.8 Å². The SMILES string of the molecule is CC(=O)Nc1cccc(-c2nc3n(c2-c2ccc(C4(NC(=O)OC(C)(C)C)CCC4)cc2)-c2cccnc2Nc2ccccc2-3)c1. The molecule has 1 aliphatic heterocycles. The average molecular weight is 613 g/mol. The van der Waals surface area contributed by atoms with Gasteiger partial charge in [0.25, 0.3) is 0 Å². The van der Waals surface area contributed by atoms with Crippen molar-refractivity contribution in [2.75, 3.05) is 10.6 Å². The monoisotopic (exact) mass is 612 g/mol. The number of alkyl carbamates (subject to hydrolysis) is 1. The van der Waals surface area contributed by atoms with E-state index in [1.54, 1.807) is 6.20 Å². The van der Waals surface area contributed by atoms with Gasteiger partial charge in [0.2, 0.25) is 5.91 Å². The lowest BCUT2D eigenvalue weighted by Crippen LogP contribution is -2.52. The molecule has 0 radical (unpaired) electrons. The molecule has 1 aliphatic carbocycles. The molecule has 2 amide bonds. The molecule has 5 aromatic rings. The number of ether oxygens (including phenoxy) is 1. The smallest absolute Gasteiger partial charge is 0.408 e. The van der Waals surface area contributed by atoms with Crippen molar-refractivity contribution >= 4 is 29.2 Å². The molecule has 7 rings (SSSR count). The molecule has 2 aromatic heterocycles. The summed E-state index contributed by atoms with van der Waals surface area (Å²) in [6.07, 6.45) is 4.08. The molecule has 46 heavy (non-hydrogen) atoms. The molecule has 0 saturated heterocycles. The highest BCUT2D eigenvalue weighted by Crippen LogP contribution is 2.46. The zero-order valence-electron chi connectivity index (χ0n) is 26.3. The zero-order valence-corrected chi connectivity index (χ0v) is 26.3. The number of para-hydroxylation sites is 1. The van der Waals surface area contributed by atoms with Crippen LogP contribution in [0.15, 0.2) is 91.1 Å². The van der Waals surface area contributed by atoms with Gasteiger partial charge in [-0.3, -0.25) is 9.36 Å². The van der Waals surface area contributed by atoms with E-state index in [1.165, 1.54) is 6.92 Å². The lowest BCUT2D eigenvalue weighted by molar-refractivity contribution is -0.114. The van der Waals surface area contributed by atoms with E-state index in [0.29, 0.717) is 5.69 Å². The largest absolute Gasteiger partial charge is 0.444 e. The predicted molar refractivity (Wildman–Crippen MR) is 180 cm³/mol. The standard InChI is InChI=1S/C37H36N6O3/c1-23(44)39-27-11-7-10-25(22-27)31-32(24-15-17-26(18-16-24)37(19-9-20-37)42-35(45)46-36(2,3)4)43-30-14-8-21-38-33(30)40-29-13-6-5-12-28(29)34(43)41-31/h5-8,10-18,21-22H,9,19-20H2,1-4H3,(H,38,40)(H,39,44)(H,42,45). The fraction of sp³-hybridized carbons (Fsp3) is 0.243. The Hall–Kier alpha value is -5.44. The Bertz CT molecular complexity index is 1970. The quantitative estimate of drug-likeness (QED) is 0.181. The Kier molecular flexibility index (Phi) is 7.11. The maximum absolute atomic E-state index is 12.8. The summed E-state index contributed by atoms with van der Waals surface area (Å²) in [7, 11) is 0. The summed E-state index contributed by atoms with van der Waals surface area (Å²) in [4.78, 5) is 34.7. The van der Waals surface area contributed by atoms with Crippen molar-refractivity contribution in [1.82, 2.24) is 19.9 Å². The second-order valence-corrected chi connectivity index (χ2v) is 12.9. The number of nitrogens with one attached hydrogen (secondary N) is 3. The van der Waals surface area contributed by atoms with Crippen LogP contribution in [0, 0.1) is 0 Å². The fourth-order valence-electron chi connectivity index (χ4n) is 6.30. The van der Waals surface area contributed by atoms with E-state index in [9.17, 15) is 9.59 Å². The topological polar surface area (TPSA) is 110 Å². The number of amides is 2. The minimum absolute atomic E-state index is 0.140. The Morgan fingerprint density at radius 1 is 0.935 bits per heavy atom. The maximum atomic E-state index is 12.8. The van der Waals surface area contributed by atoms with Gasteiger partial charge < -0.3 is 20.7 Å². The van der Waals surface area contributed by atoms with Gasteiger partial charge in [-0.1, -0.05) is 48.5 Å². The Morgan fingerprint density at radius 2 is 1.72 bits per heavy atom. The molecule has 232 valence electrons. The van der Waals surface area contributed by atoms with E-state index in [1.807, 2.05) is 75.4 Å². The number of hydrogen-bond donors (Lipinski definition) is 3. The van der Waals surface area contributed by atoms with Gasteiger partial charge in [0.15, 0.2) is 5.82 Å². The molecule has 2 aliphatic rings. The van der Waals surface area contributed by atoms with E-state index in [4.69, 9.17) is 14.7 Å². The van der Waals surface area contributed by atoms with Gasteiger partial charge >= 0.3 is 6.09 Å². The molecular weight excluding hydrogens is 576 g/mol.